The van der Waals surface area contributed by atoms with Gasteiger partial charge in [0.1, 0.15) is 12.2 Å². The van der Waals surface area contributed by atoms with Crippen molar-refractivity contribution in [1.29, 1.82) is 0 Å². The van der Waals surface area contributed by atoms with Gasteiger partial charge in [-0.1, -0.05) is 0 Å². The van der Waals surface area contributed by atoms with Crippen molar-refractivity contribution < 1.29 is 9.22 Å². The van der Waals surface area contributed by atoms with Crippen molar-refractivity contribution in [2.24, 2.45) is 0 Å². The van der Waals surface area contributed by atoms with Gasteiger partial charge in [0.25, 0.3) is 0 Å². The zero-order valence-corrected chi connectivity index (χ0v) is 7.34. The van der Waals surface area contributed by atoms with Gasteiger partial charge in [-0.3, -0.25) is 4.90 Å². The standard InChI is InChI=1S/C6H12N2O2S/c1-7-3-5-8(6-4-7)11-10-9-2/h1H,3-6H2,2H3. The maximum absolute atomic E-state index is 5.55. The van der Waals surface area contributed by atoms with Gasteiger partial charge in [0.05, 0.1) is 7.11 Å². The maximum Gasteiger partial charge on any atom is 0.121 e. The molecule has 2 radical (unpaired) electrons. The molecule has 0 N–H and O–H groups in total. The molecule has 64 valence electrons. The molecule has 0 saturated carbocycles. The Morgan fingerprint density at radius 3 is 2.45 bits per heavy atom. The van der Waals surface area contributed by atoms with E-state index in [2.05, 4.69) is 9.19 Å². The summed E-state index contributed by atoms with van der Waals surface area (Å²) in [6, 6.07) is 0. The van der Waals surface area contributed by atoms with Crippen LogP contribution in [0.3, 0.4) is 0 Å². The molecule has 1 aliphatic heterocycles. The molecule has 0 aromatic heterocycles. The molecule has 4 nitrogen and oxygen atoms in total. The molecule has 1 saturated heterocycles. The largest absolute Gasteiger partial charge is 0.295 e. The van der Waals surface area contributed by atoms with Gasteiger partial charge in [-0.15, -0.1) is 4.33 Å². The van der Waals surface area contributed by atoms with Gasteiger partial charge in [0.2, 0.25) is 0 Å². The molecule has 0 aliphatic carbocycles. The second-order valence-electron chi connectivity index (χ2n) is 2.27. The average molecular weight is 176 g/mol. The molecule has 0 aromatic rings. The minimum atomic E-state index is 0.875. The molecule has 11 heavy (non-hydrogen) atoms. The minimum absolute atomic E-state index is 0.875. The first-order valence-electron chi connectivity index (χ1n) is 3.45. The van der Waals surface area contributed by atoms with E-state index >= 15 is 0 Å². The van der Waals surface area contributed by atoms with Crippen LogP contribution in [0.1, 0.15) is 0 Å². The monoisotopic (exact) mass is 176 g/mol. The molecular formula is C6H12N2O2S. The number of nitrogens with zero attached hydrogens (tertiary/aromatic N) is 2. The summed E-state index contributed by atoms with van der Waals surface area (Å²) in [5.41, 5.74) is 0. The van der Waals surface area contributed by atoms with E-state index in [1.165, 1.54) is 19.3 Å². The Balaban J connectivity index is 2.07. The summed E-state index contributed by atoms with van der Waals surface area (Å²) in [5.74, 6) is 0. The fraction of sp³-hybridized carbons (Fsp3) is 0.833. The fourth-order valence-corrected chi connectivity index (χ4v) is 1.31. The molecule has 1 fully saturated rings. The summed E-state index contributed by atoms with van der Waals surface area (Å²) >= 11 is 1.23. The van der Waals surface area contributed by atoms with Gasteiger partial charge in [-0.2, -0.15) is 0 Å². The molecule has 0 aromatic carbocycles. The smallest absolute Gasteiger partial charge is 0.121 e. The van der Waals surface area contributed by atoms with E-state index in [0.717, 1.165) is 26.2 Å². The van der Waals surface area contributed by atoms with Crippen LogP contribution >= 0.6 is 12.2 Å². The summed E-state index contributed by atoms with van der Waals surface area (Å²) in [4.78, 5) is 6.24. The van der Waals surface area contributed by atoms with E-state index in [4.69, 9.17) is 11.4 Å². The number of piperazine rings is 1. The van der Waals surface area contributed by atoms with Crippen LogP contribution in [0.25, 0.3) is 0 Å². The van der Waals surface area contributed by atoms with Gasteiger partial charge in [0, 0.05) is 33.2 Å². The molecule has 0 bridgehead atoms. The molecule has 1 heterocycles. The maximum atomic E-state index is 5.55. The summed E-state index contributed by atoms with van der Waals surface area (Å²) in [6.45, 7) is 3.56. The number of rotatable bonds is 3. The van der Waals surface area contributed by atoms with Crippen LogP contribution in [-0.2, 0) is 9.22 Å². The van der Waals surface area contributed by atoms with Crippen molar-refractivity contribution >= 4 is 12.2 Å². The van der Waals surface area contributed by atoms with Gasteiger partial charge in [0.15, 0.2) is 0 Å². The van der Waals surface area contributed by atoms with E-state index in [0.29, 0.717) is 0 Å². The summed E-state index contributed by atoms with van der Waals surface area (Å²) < 4.78 is 6.75. The minimum Gasteiger partial charge on any atom is -0.295 e. The molecule has 5 heteroatoms. The third-order valence-corrected chi connectivity index (χ3v) is 2.25. The predicted molar refractivity (Wildman–Crippen MR) is 43.1 cm³/mol. The molecule has 1 aliphatic rings. The summed E-state index contributed by atoms with van der Waals surface area (Å²) in [5, 5.41) is 0. The lowest BCUT2D eigenvalue weighted by Gasteiger charge is -2.29. The summed E-state index contributed by atoms with van der Waals surface area (Å²) in [6.07, 6.45) is 0. The van der Waals surface area contributed by atoms with Gasteiger partial charge >= 0.3 is 0 Å². The van der Waals surface area contributed by atoms with Crippen LogP contribution in [0.2, 0.25) is 0 Å². The lowest BCUT2D eigenvalue weighted by molar-refractivity contribution is -0.163. The third-order valence-electron chi connectivity index (χ3n) is 1.48. The molecule has 1 rings (SSSR count). The molecule has 0 spiro atoms. The van der Waals surface area contributed by atoms with Crippen LogP contribution in [0.4, 0.5) is 0 Å². The van der Waals surface area contributed by atoms with E-state index < -0.39 is 0 Å². The Morgan fingerprint density at radius 1 is 1.27 bits per heavy atom. The first-order valence-corrected chi connectivity index (χ1v) is 4.15. The zero-order chi connectivity index (χ0) is 8.10. The van der Waals surface area contributed by atoms with E-state index in [-0.39, 0.29) is 0 Å². The van der Waals surface area contributed by atoms with Crippen molar-refractivity contribution in [1.82, 2.24) is 9.21 Å². The zero-order valence-electron chi connectivity index (χ0n) is 6.52. The second kappa shape index (κ2) is 4.95. The van der Waals surface area contributed by atoms with Gasteiger partial charge in [-0.05, 0) is 0 Å². The van der Waals surface area contributed by atoms with Crippen LogP contribution in [0.15, 0.2) is 0 Å². The Morgan fingerprint density at radius 2 is 1.91 bits per heavy atom. The molecule has 0 atom stereocenters. The summed E-state index contributed by atoms with van der Waals surface area (Å²) in [7, 11) is 7.04. The van der Waals surface area contributed by atoms with E-state index in [9.17, 15) is 0 Å². The SMILES string of the molecule is [CH]N1CCN(SOOC)CC1. The van der Waals surface area contributed by atoms with Crippen LogP contribution in [0, 0.1) is 7.05 Å². The lowest BCUT2D eigenvalue weighted by Crippen LogP contribution is -2.40. The van der Waals surface area contributed by atoms with Crippen molar-refractivity contribution in [3.63, 3.8) is 0 Å². The second-order valence-corrected chi connectivity index (χ2v) is 3.08. The Hall–Kier alpha value is 0.190. The van der Waals surface area contributed by atoms with Crippen LogP contribution < -0.4 is 0 Å². The molecule has 0 unspecified atom stereocenters. The Kier molecular flexibility index (Phi) is 4.17. The van der Waals surface area contributed by atoms with Crippen LogP contribution in [-0.4, -0.2) is 42.5 Å². The van der Waals surface area contributed by atoms with Crippen LogP contribution in [0.5, 0.6) is 0 Å². The van der Waals surface area contributed by atoms with Crippen molar-refractivity contribution in [2.45, 2.75) is 0 Å². The van der Waals surface area contributed by atoms with Crippen molar-refractivity contribution in [2.75, 3.05) is 33.3 Å². The Labute approximate surface area is 71.7 Å². The van der Waals surface area contributed by atoms with Gasteiger partial charge in [-0.25, -0.2) is 9.19 Å². The van der Waals surface area contributed by atoms with E-state index in [1.54, 1.807) is 4.90 Å². The predicted octanol–water partition coefficient (Wildman–Crippen LogP) is 0.414. The molecular weight excluding hydrogens is 164 g/mol. The topological polar surface area (TPSA) is 24.9 Å². The van der Waals surface area contributed by atoms with Gasteiger partial charge < -0.3 is 0 Å². The van der Waals surface area contributed by atoms with E-state index in [1.807, 2.05) is 0 Å². The third kappa shape index (κ3) is 3.39. The van der Waals surface area contributed by atoms with Crippen molar-refractivity contribution in [3.8, 4) is 0 Å². The lowest BCUT2D eigenvalue weighted by atomic mass is 10.4. The first-order chi connectivity index (χ1) is 5.33. The quantitative estimate of drug-likeness (QED) is 0.268. The highest BCUT2D eigenvalue weighted by Gasteiger charge is 2.14. The highest BCUT2D eigenvalue weighted by atomic mass is 32.2. The normalized spacial score (nSPS) is 22.4. The highest BCUT2D eigenvalue weighted by Crippen LogP contribution is 2.13. The number of hydrogen-bond donors (Lipinski definition) is 0. The fourth-order valence-electron chi connectivity index (χ4n) is 0.852. The highest BCUT2D eigenvalue weighted by molar-refractivity contribution is 7.92. The molecule has 0 amide bonds. The van der Waals surface area contributed by atoms with Crippen molar-refractivity contribution in [3.05, 3.63) is 7.05 Å². The Bertz CT molecular complexity index is 104. The number of hydrogen-bond acceptors (Lipinski definition) is 5. The average Bonchev–Trinajstić information content (AvgIpc) is 2.04. The first kappa shape index (κ1) is 9.28.